The van der Waals surface area contributed by atoms with E-state index in [0.717, 1.165) is 0 Å². The van der Waals surface area contributed by atoms with E-state index in [9.17, 15) is 14.0 Å². The van der Waals surface area contributed by atoms with Gasteiger partial charge in [0.2, 0.25) is 5.71 Å². The van der Waals surface area contributed by atoms with E-state index in [1.807, 2.05) is 6.92 Å². The lowest BCUT2D eigenvalue weighted by atomic mass is 10.1. The second-order valence-electron chi connectivity index (χ2n) is 5.73. The van der Waals surface area contributed by atoms with Gasteiger partial charge in [0.05, 0.1) is 0 Å². The molecule has 25 heavy (non-hydrogen) atoms. The monoisotopic (exact) mass is 344 g/mol. The maximum Gasteiger partial charge on any atom is 0.343 e. The molecule has 0 aliphatic rings. The fraction of sp³-hybridized carbons (Fsp3) is 0.278. The van der Waals surface area contributed by atoms with E-state index in [4.69, 9.17) is 9.15 Å². The molecule has 0 saturated carbocycles. The third-order valence-electron chi connectivity index (χ3n) is 4.01. The molecule has 3 aromatic rings. The third-order valence-corrected chi connectivity index (χ3v) is 4.01. The van der Waals surface area contributed by atoms with Gasteiger partial charge in [-0.15, -0.1) is 0 Å². The van der Waals surface area contributed by atoms with Crippen LogP contribution in [0.15, 0.2) is 39.8 Å². The van der Waals surface area contributed by atoms with Crippen LogP contribution in [0.1, 0.15) is 41.1 Å². The quantitative estimate of drug-likeness (QED) is 0.679. The van der Waals surface area contributed by atoms with Crippen molar-refractivity contribution < 1.29 is 18.3 Å². The highest BCUT2D eigenvalue weighted by Crippen LogP contribution is 2.27. The van der Waals surface area contributed by atoms with Crippen LogP contribution in [0.3, 0.4) is 0 Å². The number of fused-ring (bicyclic) bond motifs is 1. The number of carbonyl (C=O) groups is 1. The van der Waals surface area contributed by atoms with Crippen LogP contribution in [0.25, 0.3) is 11.1 Å². The summed E-state index contributed by atoms with van der Waals surface area (Å²) < 4.78 is 25.3. The number of aromatic nitrogens is 2. The zero-order valence-corrected chi connectivity index (χ0v) is 14.1. The molecule has 0 bridgehead atoms. The van der Waals surface area contributed by atoms with Gasteiger partial charge in [0.25, 0.3) is 5.56 Å². The highest BCUT2D eigenvalue weighted by atomic mass is 19.1. The fourth-order valence-corrected chi connectivity index (χ4v) is 2.69. The molecule has 1 atom stereocenters. The molecule has 2 heterocycles. The number of hydrogen-bond donors (Lipinski definition) is 0. The third kappa shape index (κ3) is 3.05. The smallest absolute Gasteiger partial charge is 0.343 e. The zero-order valence-electron chi connectivity index (χ0n) is 14.1. The summed E-state index contributed by atoms with van der Waals surface area (Å²) in [6.07, 6.45) is 1.27. The van der Waals surface area contributed by atoms with Crippen LogP contribution in [0, 0.1) is 12.7 Å². The van der Waals surface area contributed by atoms with Gasteiger partial charge >= 0.3 is 5.97 Å². The van der Waals surface area contributed by atoms with Gasteiger partial charge < -0.3 is 13.7 Å². The van der Waals surface area contributed by atoms with Gasteiger partial charge in [-0.1, -0.05) is 19.1 Å². The van der Waals surface area contributed by atoms with Crippen molar-refractivity contribution in [3.63, 3.8) is 0 Å². The first-order valence-corrected chi connectivity index (χ1v) is 7.83. The molecule has 0 unspecified atom stereocenters. The fourth-order valence-electron chi connectivity index (χ4n) is 2.69. The van der Waals surface area contributed by atoms with E-state index >= 15 is 0 Å². The first kappa shape index (κ1) is 16.9. The Morgan fingerprint density at radius 3 is 2.68 bits per heavy atom. The van der Waals surface area contributed by atoms with E-state index in [1.54, 1.807) is 26.1 Å². The molecule has 130 valence electrons. The average molecular weight is 344 g/mol. The van der Waals surface area contributed by atoms with E-state index in [-0.39, 0.29) is 33.8 Å². The number of aryl methyl sites for hydroxylation is 2. The van der Waals surface area contributed by atoms with Crippen LogP contribution in [-0.4, -0.2) is 15.5 Å². The largest absolute Gasteiger partial charge is 0.454 e. The van der Waals surface area contributed by atoms with Crippen LogP contribution in [-0.2, 0) is 11.8 Å². The molecule has 0 aliphatic heterocycles. The van der Waals surface area contributed by atoms with Crippen LogP contribution >= 0.6 is 0 Å². The van der Waals surface area contributed by atoms with Gasteiger partial charge in [-0.05, 0) is 31.0 Å². The molecule has 0 radical (unpaired) electrons. The first-order chi connectivity index (χ1) is 11.9. The topological polar surface area (TPSA) is 74.3 Å². The van der Waals surface area contributed by atoms with E-state index in [2.05, 4.69) is 4.98 Å². The molecule has 0 N–H and O–H groups in total. The van der Waals surface area contributed by atoms with E-state index < -0.39 is 12.1 Å². The predicted molar refractivity (Wildman–Crippen MR) is 88.8 cm³/mol. The number of halogens is 1. The number of ether oxygens (including phenoxy) is 1. The molecule has 0 amide bonds. The van der Waals surface area contributed by atoms with Crippen LogP contribution in [0.4, 0.5) is 4.39 Å². The predicted octanol–water partition coefficient (Wildman–Crippen LogP) is 3.28. The Kier molecular flexibility index (Phi) is 4.39. The normalized spacial score (nSPS) is 12.3. The van der Waals surface area contributed by atoms with Gasteiger partial charge in [0.1, 0.15) is 35.0 Å². The van der Waals surface area contributed by atoms with Crippen LogP contribution in [0.5, 0.6) is 0 Å². The molecule has 3 rings (SSSR count). The number of rotatable bonds is 4. The van der Waals surface area contributed by atoms with Gasteiger partial charge in [0, 0.05) is 7.05 Å². The Hall–Kier alpha value is -2.96. The Morgan fingerprint density at radius 2 is 2.04 bits per heavy atom. The molecule has 0 spiro atoms. The first-order valence-electron chi connectivity index (χ1n) is 7.83. The highest BCUT2D eigenvalue weighted by molar-refractivity contribution is 6.03. The van der Waals surface area contributed by atoms with Crippen molar-refractivity contribution in [2.24, 2.45) is 7.05 Å². The van der Waals surface area contributed by atoms with Crippen molar-refractivity contribution in [1.29, 1.82) is 0 Å². The molecular weight excluding hydrogens is 327 g/mol. The number of esters is 1. The summed E-state index contributed by atoms with van der Waals surface area (Å²) in [7, 11) is 1.54. The standard InChI is InChI=1S/C18H17FN2O4/c1-4-13(11-5-7-12(19)8-6-11)25-18(23)14-10(2)24-16-15(14)17(22)21(3)9-20-16/h5-9,13H,4H2,1-3H3/t13-/m1/s1. The summed E-state index contributed by atoms with van der Waals surface area (Å²) in [5.41, 5.74) is 0.462. The minimum atomic E-state index is -0.669. The van der Waals surface area contributed by atoms with Crippen molar-refractivity contribution in [3.8, 4) is 0 Å². The van der Waals surface area contributed by atoms with Crippen molar-refractivity contribution in [2.75, 3.05) is 0 Å². The summed E-state index contributed by atoms with van der Waals surface area (Å²) in [5, 5.41) is 0.0986. The Balaban J connectivity index is 1.99. The summed E-state index contributed by atoms with van der Waals surface area (Å²) in [5.74, 6) is -0.765. The van der Waals surface area contributed by atoms with Crippen LogP contribution in [0.2, 0.25) is 0 Å². The average Bonchev–Trinajstić information content (AvgIpc) is 2.94. The summed E-state index contributed by atoms with van der Waals surface area (Å²) in [6.45, 7) is 3.43. The Morgan fingerprint density at radius 1 is 1.36 bits per heavy atom. The summed E-state index contributed by atoms with van der Waals surface area (Å²) >= 11 is 0. The summed E-state index contributed by atoms with van der Waals surface area (Å²) in [6, 6.07) is 5.75. The molecule has 6 nitrogen and oxygen atoms in total. The number of nitrogens with zero attached hydrogens (tertiary/aromatic N) is 2. The van der Waals surface area contributed by atoms with E-state index in [1.165, 1.54) is 23.0 Å². The van der Waals surface area contributed by atoms with Crippen molar-refractivity contribution >= 4 is 17.1 Å². The molecule has 0 saturated heterocycles. The lowest BCUT2D eigenvalue weighted by Gasteiger charge is -2.16. The van der Waals surface area contributed by atoms with Crippen LogP contribution < -0.4 is 5.56 Å². The van der Waals surface area contributed by atoms with Gasteiger partial charge in [0.15, 0.2) is 0 Å². The van der Waals surface area contributed by atoms with Crippen molar-refractivity contribution in [2.45, 2.75) is 26.4 Å². The molecule has 0 aliphatic carbocycles. The number of hydrogen-bond acceptors (Lipinski definition) is 5. The molecule has 0 fully saturated rings. The number of furan rings is 1. The number of carbonyl (C=O) groups excluding carboxylic acids is 1. The maximum absolute atomic E-state index is 13.1. The SMILES string of the molecule is CC[C@@H](OC(=O)c1c(C)oc2ncn(C)c(=O)c12)c1ccc(F)cc1. The molecular formula is C18H17FN2O4. The minimum Gasteiger partial charge on any atom is -0.454 e. The maximum atomic E-state index is 13.1. The van der Waals surface area contributed by atoms with Gasteiger partial charge in [-0.25, -0.2) is 14.2 Å². The van der Waals surface area contributed by atoms with E-state index in [0.29, 0.717) is 12.0 Å². The second kappa shape index (κ2) is 6.51. The van der Waals surface area contributed by atoms with Crippen molar-refractivity contribution in [1.82, 2.24) is 9.55 Å². The molecule has 1 aromatic carbocycles. The summed E-state index contributed by atoms with van der Waals surface area (Å²) in [4.78, 5) is 29.0. The number of benzene rings is 1. The highest BCUT2D eigenvalue weighted by Gasteiger charge is 2.26. The lowest BCUT2D eigenvalue weighted by Crippen LogP contribution is -2.19. The Labute approximate surface area is 142 Å². The molecule has 7 heteroatoms. The second-order valence-corrected chi connectivity index (χ2v) is 5.73. The molecule has 2 aromatic heterocycles. The Bertz CT molecular complexity index is 989. The van der Waals surface area contributed by atoms with Gasteiger partial charge in [-0.3, -0.25) is 4.79 Å². The zero-order chi connectivity index (χ0) is 18.1. The van der Waals surface area contributed by atoms with Gasteiger partial charge in [-0.2, -0.15) is 0 Å². The van der Waals surface area contributed by atoms with Crippen molar-refractivity contribution in [3.05, 3.63) is 63.7 Å². The minimum absolute atomic E-state index is 0.0734. The lowest BCUT2D eigenvalue weighted by molar-refractivity contribution is 0.0288.